The molecule has 14 heteroatoms. The number of anilines is 1. The van der Waals surface area contributed by atoms with Crippen molar-refractivity contribution in [2.75, 3.05) is 31.5 Å². The van der Waals surface area contributed by atoms with Gasteiger partial charge in [0.15, 0.2) is 5.96 Å². The fourth-order valence-corrected chi connectivity index (χ4v) is 4.70. The van der Waals surface area contributed by atoms with Crippen molar-refractivity contribution in [3.8, 4) is 0 Å². The molecular weight excluding hydrogens is 504 g/mol. The molecule has 2 aromatic carbocycles. The molecule has 1 aliphatic heterocycles. The van der Waals surface area contributed by atoms with Crippen LogP contribution in [0, 0.1) is 5.41 Å². The Balaban J connectivity index is 1.79. The molecule has 0 spiro atoms. The van der Waals surface area contributed by atoms with Crippen LogP contribution in [0.15, 0.2) is 36.4 Å². The number of hydrogen-bond acceptors (Lipinski definition) is 7. The van der Waals surface area contributed by atoms with Gasteiger partial charge in [0.25, 0.3) is 17.7 Å². The number of rotatable bonds is 10. The number of carbonyl (C=O) groups is 4. The Labute approximate surface area is 222 Å². The maximum Gasteiger partial charge on any atom is 0.268 e. The maximum absolute atomic E-state index is 13.7. The summed E-state index contributed by atoms with van der Waals surface area (Å²) in [5.41, 5.74) is 23.1. The van der Waals surface area contributed by atoms with Gasteiger partial charge < -0.3 is 49.2 Å². The average Bonchev–Trinajstić information content (AvgIpc) is 3.48. The summed E-state index contributed by atoms with van der Waals surface area (Å²) in [4.78, 5) is 53.6. The van der Waals surface area contributed by atoms with Crippen molar-refractivity contribution in [2.24, 2.45) is 22.9 Å². The van der Waals surface area contributed by atoms with Crippen molar-refractivity contribution >= 4 is 46.2 Å². The molecule has 2 heterocycles. The summed E-state index contributed by atoms with van der Waals surface area (Å²) in [6.45, 7) is 0.801. The summed E-state index contributed by atoms with van der Waals surface area (Å²) in [5, 5.41) is 19.0. The zero-order chi connectivity index (χ0) is 28.3. The number of carbonyl (C=O) groups excluding carboxylic acids is 4. The molecule has 39 heavy (non-hydrogen) atoms. The lowest BCUT2D eigenvalue weighted by Crippen LogP contribution is -2.50. The van der Waals surface area contributed by atoms with Crippen LogP contribution in [-0.4, -0.2) is 60.8 Å². The fraction of sp³-hybridized carbons (Fsp3) is 0.240. The van der Waals surface area contributed by atoms with Crippen molar-refractivity contribution in [3.63, 3.8) is 0 Å². The maximum atomic E-state index is 13.7. The quantitative estimate of drug-likeness (QED) is 0.0830. The van der Waals surface area contributed by atoms with Crippen LogP contribution >= 0.6 is 0 Å². The second-order valence-corrected chi connectivity index (χ2v) is 9.08. The number of primary amides is 2. The Kier molecular flexibility index (Phi) is 7.40. The smallest absolute Gasteiger partial charge is 0.268 e. The first-order valence-electron chi connectivity index (χ1n) is 12.1. The summed E-state index contributed by atoms with van der Waals surface area (Å²) in [5.74, 6) is -2.59. The highest BCUT2D eigenvalue weighted by atomic mass is 16.2. The van der Waals surface area contributed by atoms with Gasteiger partial charge in [-0.15, -0.1) is 0 Å². The van der Waals surface area contributed by atoms with Gasteiger partial charge in [0.1, 0.15) is 11.2 Å². The molecular formula is C25H30N10O4. The molecule has 0 aliphatic carbocycles. The molecule has 1 aliphatic rings. The van der Waals surface area contributed by atoms with E-state index < -0.39 is 29.2 Å². The molecule has 3 aromatic rings. The highest BCUT2D eigenvalue weighted by Crippen LogP contribution is 2.41. The van der Waals surface area contributed by atoms with Crippen molar-refractivity contribution in [2.45, 2.75) is 12.0 Å². The number of amides is 4. The summed E-state index contributed by atoms with van der Waals surface area (Å²) in [6.07, 6.45) is 0.154. The third kappa shape index (κ3) is 5.17. The molecule has 0 saturated heterocycles. The number of aromatic nitrogens is 1. The highest BCUT2D eigenvalue weighted by Gasteiger charge is 2.45. The Morgan fingerprint density at radius 3 is 2.33 bits per heavy atom. The van der Waals surface area contributed by atoms with Crippen LogP contribution in [0.2, 0.25) is 0 Å². The topological polar surface area (TPSA) is 260 Å². The molecule has 4 amide bonds. The lowest BCUT2D eigenvalue weighted by Gasteiger charge is -2.30. The summed E-state index contributed by atoms with van der Waals surface area (Å²) < 4.78 is 0. The second kappa shape index (κ2) is 10.7. The summed E-state index contributed by atoms with van der Waals surface area (Å²) in [6, 6.07) is 9.85. The van der Waals surface area contributed by atoms with Crippen molar-refractivity contribution in [1.29, 1.82) is 5.41 Å². The van der Waals surface area contributed by atoms with E-state index in [2.05, 4.69) is 26.3 Å². The van der Waals surface area contributed by atoms with E-state index in [0.717, 1.165) is 0 Å². The Hall–Kier alpha value is -5.11. The molecule has 14 N–H and O–H groups in total. The van der Waals surface area contributed by atoms with Gasteiger partial charge in [-0.1, -0.05) is 6.07 Å². The standard InChI is InChI=1S/C25H30N10O4/c26-5-6-31-22(38)19-18(21(28)37)15-10-14(2-4-17(15)34-19)25(23(39)32-7-8-33-24(29)30)11-13-9-12(20(27)36)1-3-16(13)35-25/h1-4,9-10,34-35H,5-8,11,26H2,(H2,27,36)(H2,28,37)(H,31,38)(H,32,39)(H4,29,30,33). The first kappa shape index (κ1) is 26.9. The van der Waals surface area contributed by atoms with Crippen molar-refractivity contribution in [3.05, 3.63) is 64.3 Å². The Morgan fingerprint density at radius 1 is 0.923 bits per heavy atom. The molecule has 0 fully saturated rings. The van der Waals surface area contributed by atoms with E-state index in [4.69, 9.17) is 28.3 Å². The SMILES string of the molecule is N=C(N)NCCNC(=O)C1(c2ccc3[nH]c(C(=O)NCCN)c(C(N)=O)c3c2)Cc2cc(C(N)=O)ccc2N1. The lowest BCUT2D eigenvalue weighted by atomic mass is 9.84. The van der Waals surface area contributed by atoms with Crippen molar-refractivity contribution in [1.82, 2.24) is 20.9 Å². The van der Waals surface area contributed by atoms with Gasteiger partial charge in [-0.2, -0.15) is 0 Å². The predicted molar refractivity (Wildman–Crippen MR) is 145 cm³/mol. The van der Waals surface area contributed by atoms with E-state index in [1.807, 2.05) is 0 Å². The van der Waals surface area contributed by atoms with E-state index in [1.54, 1.807) is 36.4 Å². The zero-order valence-electron chi connectivity index (χ0n) is 20.9. The molecule has 0 radical (unpaired) electrons. The van der Waals surface area contributed by atoms with Crippen LogP contribution in [-0.2, 0) is 16.8 Å². The van der Waals surface area contributed by atoms with E-state index >= 15 is 0 Å². The minimum atomic E-state index is -1.35. The number of aromatic amines is 1. The average molecular weight is 535 g/mol. The number of nitrogens with one attached hydrogen (secondary N) is 6. The number of nitrogens with two attached hydrogens (primary N) is 4. The Morgan fingerprint density at radius 2 is 1.67 bits per heavy atom. The Bertz CT molecular complexity index is 1500. The molecule has 14 nitrogen and oxygen atoms in total. The van der Waals surface area contributed by atoms with Gasteiger partial charge >= 0.3 is 0 Å². The van der Waals surface area contributed by atoms with E-state index in [0.29, 0.717) is 33.3 Å². The van der Waals surface area contributed by atoms with Crippen LogP contribution in [0.3, 0.4) is 0 Å². The number of H-pyrrole nitrogens is 1. The summed E-state index contributed by atoms with van der Waals surface area (Å²) >= 11 is 0. The molecule has 1 atom stereocenters. The number of fused-ring (bicyclic) bond motifs is 2. The van der Waals surface area contributed by atoms with Crippen LogP contribution in [0.4, 0.5) is 5.69 Å². The van der Waals surface area contributed by atoms with Gasteiger partial charge in [0, 0.05) is 54.8 Å². The lowest BCUT2D eigenvalue weighted by molar-refractivity contribution is -0.125. The molecule has 1 unspecified atom stereocenters. The van der Waals surface area contributed by atoms with E-state index in [-0.39, 0.29) is 49.8 Å². The minimum absolute atomic E-state index is 0.00863. The third-order valence-corrected chi connectivity index (χ3v) is 6.50. The van der Waals surface area contributed by atoms with E-state index in [9.17, 15) is 19.2 Å². The normalized spacial score (nSPS) is 15.7. The third-order valence-electron chi connectivity index (χ3n) is 6.50. The van der Waals surface area contributed by atoms with Crippen LogP contribution < -0.4 is 44.2 Å². The molecule has 4 rings (SSSR count). The second-order valence-electron chi connectivity index (χ2n) is 9.08. The van der Waals surface area contributed by atoms with Gasteiger partial charge in [-0.05, 0) is 41.5 Å². The van der Waals surface area contributed by atoms with Gasteiger partial charge in [0.2, 0.25) is 5.91 Å². The van der Waals surface area contributed by atoms with Gasteiger partial charge in [-0.3, -0.25) is 24.6 Å². The molecule has 204 valence electrons. The van der Waals surface area contributed by atoms with Crippen LogP contribution in [0.1, 0.15) is 42.3 Å². The van der Waals surface area contributed by atoms with Crippen LogP contribution in [0.25, 0.3) is 10.9 Å². The summed E-state index contributed by atoms with van der Waals surface area (Å²) in [7, 11) is 0. The fourth-order valence-electron chi connectivity index (χ4n) is 4.70. The molecule has 0 bridgehead atoms. The van der Waals surface area contributed by atoms with Gasteiger partial charge in [0.05, 0.1) is 5.56 Å². The monoisotopic (exact) mass is 534 g/mol. The largest absolute Gasteiger partial charge is 0.370 e. The first-order chi connectivity index (χ1) is 18.6. The first-order valence-corrected chi connectivity index (χ1v) is 12.1. The number of guanidine groups is 1. The predicted octanol–water partition coefficient (Wildman–Crippen LogP) is -1.48. The molecule has 0 saturated carbocycles. The highest BCUT2D eigenvalue weighted by molar-refractivity contribution is 6.15. The van der Waals surface area contributed by atoms with E-state index in [1.165, 1.54) is 0 Å². The zero-order valence-corrected chi connectivity index (χ0v) is 20.9. The van der Waals surface area contributed by atoms with Gasteiger partial charge in [-0.25, -0.2) is 0 Å². The van der Waals surface area contributed by atoms with Crippen molar-refractivity contribution < 1.29 is 19.2 Å². The number of hydrogen-bond donors (Lipinski definition) is 10. The molecule has 1 aromatic heterocycles. The number of benzene rings is 2. The van der Waals surface area contributed by atoms with Crippen LogP contribution in [0.5, 0.6) is 0 Å². The minimum Gasteiger partial charge on any atom is -0.370 e.